The van der Waals surface area contributed by atoms with E-state index in [2.05, 4.69) is 41.2 Å². The highest BCUT2D eigenvalue weighted by atomic mass is 79.9. The Hall–Kier alpha value is -1.94. The molecule has 0 spiro atoms. The summed E-state index contributed by atoms with van der Waals surface area (Å²) in [4.78, 5) is 15.2. The number of halogens is 3. The molecule has 0 aliphatic heterocycles. The molecule has 0 radical (unpaired) electrons. The van der Waals surface area contributed by atoms with Crippen molar-refractivity contribution in [1.29, 1.82) is 0 Å². The van der Waals surface area contributed by atoms with Crippen molar-refractivity contribution in [2.45, 2.75) is 5.03 Å². The first-order valence-corrected chi connectivity index (χ1v) is 10.5. The van der Waals surface area contributed by atoms with Gasteiger partial charge in [-0.25, -0.2) is 22.6 Å². The van der Waals surface area contributed by atoms with E-state index in [1.807, 2.05) is 0 Å². The van der Waals surface area contributed by atoms with Gasteiger partial charge in [0.05, 0.1) is 15.5 Å². The van der Waals surface area contributed by atoms with Crippen LogP contribution in [0.1, 0.15) is 5.69 Å². The molecule has 152 valence electrons. The lowest BCUT2D eigenvalue weighted by atomic mass is 10.3. The van der Waals surface area contributed by atoms with Crippen LogP contribution in [-0.2, 0) is 15.8 Å². The van der Waals surface area contributed by atoms with Crippen molar-refractivity contribution >= 4 is 56.1 Å². The highest BCUT2D eigenvalue weighted by Gasteiger charge is 2.18. The zero-order valence-electron chi connectivity index (χ0n) is 13.8. The monoisotopic (exact) mass is 498 g/mol. The Morgan fingerprint density at radius 1 is 1.39 bits per heavy atom. The Labute approximate surface area is 172 Å². The molecule has 0 aliphatic carbocycles. The average molecular weight is 499 g/mol. The summed E-state index contributed by atoms with van der Waals surface area (Å²) in [5, 5.41) is 24.3. The van der Waals surface area contributed by atoms with Gasteiger partial charge in [-0.05, 0) is 32.3 Å². The predicted molar refractivity (Wildman–Crippen MR) is 100 cm³/mol. The molecule has 1 unspecified atom stereocenters. The molecule has 1 aromatic carbocycles. The first kappa shape index (κ1) is 22.4. The van der Waals surface area contributed by atoms with Crippen LogP contribution < -0.4 is 15.9 Å². The number of aromatic nitrogens is 2. The molecule has 5 N–H and O–H groups in total. The molecular weight excluding hydrogens is 486 g/mol. The maximum atomic E-state index is 13.9. The zero-order chi connectivity index (χ0) is 20.7. The van der Waals surface area contributed by atoms with Crippen molar-refractivity contribution < 1.29 is 27.6 Å². The van der Waals surface area contributed by atoms with Crippen LogP contribution in [0.15, 0.2) is 31.3 Å². The van der Waals surface area contributed by atoms with Crippen LogP contribution >= 0.6 is 27.7 Å². The normalized spacial score (nSPS) is 12.7. The van der Waals surface area contributed by atoms with Crippen LogP contribution in [0.2, 0.25) is 0 Å². The lowest BCUT2D eigenvalue weighted by molar-refractivity contribution is -0.118. The SMILES string of the molecule is NS(=O)CC(=O)NCCSc1nonc1C(=Nc1cc(Br)c(F)cc1F)NO. The fourth-order valence-corrected chi connectivity index (χ4v) is 3.23. The molecule has 2 rings (SSSR count). The van der Waals surface area contributed by atoms with Gasteiger partial charge in [0.2, 0.25) is 5.91 Å². The smallest absolute Gasteiger partial charge is 0.234 e. The van der Waals surface area contributed by atoms with Gasteiger partial charge >= 0.3 is 0 Å². The number of rotatable bonds is 8. The van der Waals surface area contributed by atoms with E-state index in [-0.39, 0.29) is 39.0 Å². The molecule has 1 amide bonds. The van der Waals surface area contributed by atoms with E-state index in [0.717, 1.165) is 17.8 Å². The van der Waals surface area contributed by atoms with Gasteiger partial charge < -0.3 is 5.32 Å². The summed E-state index contributed by atoms with van der Waals surface area (Å²) in [6, 6.07) is 1.71. The van der Waals surface area contributed by atoms with Gasteiger partial charge in [0, 0.05) is 18.4 Å². The standard InChI is InChI=1S/C13H13BrF2N6O4S2/c14-6-3-9(8(16)4-7(6)15)19-12(20-24)11-13(22-26-21-11)27-2-1-18-10(23)5-28(17)25/h3-4,24H,1-2,5,17H2,(H,18,23)(H,19,20). The van der Waals surface area contributed by atoms with E-state index in [0.29, 0.717) is 11.8 Å². The summed E-state index contributed by atoms with van der Waals surface area (Å²) < 4.78 is 42.5. The molecule has 0 aliphatic rings. The third-order valence-electron chi connectivity index (χ3n) is 2.95. The van der Waals surface area contributed by atoms with Gasteiger partial charge in [-0.3, -0.25) is 20.6 Å². The second-order valence-corrected chi connectivity index (χ2v) is 7.92. The third-order valence-corrected chi connectivity index (χ3v) is 5.05. The number of hydrogen-bond acceptors (Lipinski definition) is 8. The molecule has 0 bridgehead atoms. The van der Waals surface area contributed by atoms with Gasteiger partial charge in [0.15, 0.2) is 22.4 Å². The summed E-state index contributed by atoms with van der Waals surface area (Å²) in [7, 11) is -1.73. The number of aliphatic imine (C=N–C) groups is 1. The van der Waals surface area contributed by atoms with Crippen LogP contribution in [0.3, 0.4) is 0 Å². The number of carbonyl (C=O) groups excluding carboxylic acids is 1. The first-order valence-electron chi connectivity index (χ1n) is 7.30. The Morgan fingerprint density at radius 2 is 2.14 bits per heavy atom. The number of nitrogens with zero attached hydrogens (tertiary/aromatic N) is 3. The quantitative estimate of drug-likeness (QED) is 0.105. The minimum atomic E-state index is -1.73. The number of thioether (sulfide) groups is 1. The van der Waals surface area contributed by atoms with E-state index in [9.17, 15) is 23.0 Å². The molecule has 0 saturated carbocycles. The van der Waals surface area contributed by atoms with E-state index in [1.165, 1.54) is 0 Å². The number of carbonyl (C=O) groups is 1. The van der Waals surface area contributed by atoms with E-state index < -0.39 is 28.5 Å². The first-order chi connectivity index (χ1) is 13.3. The van der Waals surface area contributed by atoms with Gasteiger partial charge in [0.1, 0.15) is 17.3 Å². The van der Waals surface area contributed by atoms with E-state index >= 15 is 0 Å². The molecule has 1 atom stereocenters. The Kier molecular flexibility index (Phi) is 8.43. The molecule has 1 heterocycles. The van der Waals surface area contributed by atoms with Gasteiger partial charge in [-0.1, -0.05) is 11.8 Å². The number of amidine groups is 1. The fourth-order valence-electron chi connectivity index (χ4n) is 1.79. The van der Waals surface area contributed by atoms with E-state index in [4.69, 9.17) is 5.14 Å². The number of nitrogens with two attached hydrogens (primary N) is 1. The van der Waals surface area contributed by atoms with Crippen molar-refractivity contribution in [2.75, 3.05) is 18.1 Å². The number of hydroxylamine groups is 1. The largest absolute Gasteiger partial charge is 0.354 e. The molecule has 28 heavy (non-hydrogen) atoms. The lowest BCUT2D eigenvalue weighted by Gasteiger charge is -2.05. The summed E-state index contributed by atoms with van der Waals surface area (Å²) in [6.45, 7) is 0.200. The van der Waals surface area contributed by atoms with Crippen LogP contribution in [-0.4, -0.2) is 49.5 Å². The molecular formula is C13H13BrF2N6O4S2. The van der Waals surface area contributed by atoms with Crippen LogP contribution in [0, 0.1) is 11.6 Å². The molecule has 2 aromatic rings. The van der Waals surface area contributed by atoms with Crippen LogP contribution in [0.5, 0.6) is 0 Å². The van der Waals surface area contributed by atoms with Crippen molar-refractivity contribution in [3.05, 3.63) is 33.9 Å². The lowest BCUT2D eigenvalue weighted by Crippen LogP contribution is -2.31. The summed E-state index contributed by atoms with van der Waals surface area (Å²) in [5.74, 6) is -2.53. The van der Waals surface area contributed by atoms with Crippen molar-refractivity contribution in [3.63, 3.8) is 0 Å². The van der Waals surface area contributed by atoms with Gasteiger partial charge in [-0.2, -0.15) is 0 Å². The minimum absolute atomic E-state index is 0.0213. The van der Waals surface area contributed by atoms with Crippen molar-refractivity contribution in [3.8, 4) is 0 Å². The molecule has 0 fully saturated rings. The maximum absolute atomic E-state index is 13.9. The van der Waals surface area contributed by atoms with Crippen LogP contribution in [0.25, 0.3) is 0 Å². The number of amides is 1. The minimum Gasteiger partial charge on any atom is -0.354 e. The Morgan fingerprint density at radius 3 is 2.82 bits per heavy atom. The Balaban J connectivity index is 2.09. The third kappa shape index (κ3) is 6.30. The topological polar surface area (TPSA) is 156 Å². The number of hydrogen-bond donors (Lipinski definition) is 4. The number of nitrogens with one attached hydrogen (secondary N) is 2. The molecule has 0 saturated heterocycles. The van der Waals surface area contributed by atoms with E-state index in [1.54, 1.807) is 5.48 Å². The fraction of sp³-hybridized carbons (Fsp3) is 0.231. The van der Waals surface area contributed by atoms with Crippen molar-refractivity contribution in [2.24, 2.45) is 10.1 Å². The van der Waals surface area contributed by atoms with Crippen LogP contribution in [0.4, 0.5) is 14.5 Å². The van der Waals surface area contributed by atoms with Gasteiger partial charge in [0.25, 0.3) is 0 Å². The molecule has 1 aromatic heterocycles. The summed E-state index contributed by atoms with van der Waals surface area (Å²) >= 11 is 4.01. The molecule has 10 nitrogen and oxygen atoms in total. The average Bonchev–Trinajstić information content (AvgIpc) is 3.08. The van der Waals surface area contributed by atoms with Crippen molar-refractivity contribution in [1.82, 2.24) is 21.1 Å². The Bertz CT molecular complexity index is 913. The highest BCUT2D eigenvalue weighted by molar-refractivity contribution is 9.10. The highest BCUT2D eigenvalue weighted by Crippen LogP contribution is 2.27. The molecule has 15 heteroatoms. The number of benzene rings is 1. The zero-order valence-corrected chi connectivity index (χ0v) is 17.0. The second-order valence-electron chi connectivity index (χ2n) is 4.93. The summed E-state index contributed by atoms with van der Waals surface area (Å²) in [5.41, 5.74) is 1.47. The predicted octanol–water partition coefficient (Wildman–Crippen LogP) is 0.998. The van der Waals surface area contributed by atoms with Gasteiger partial charge in [-0.15, -0.1) is 0 Å². The summed E-state index contributed by atoms with van der Waals surface area (Å²) in [6.07, 6.45) is 0. The second kappa shape index (κ2) is 10.6. The maximum Gasteiger partial charge on any atom is 0.234 e.